The number of aromatic hydroxyl groups is 1. The van der Waals surface area contributed by atoms with E-state index in [-0.39, 0.29) is 51.6 Å². The lowest BCUT2D eigenvalue weighted by Crippen LogP contribution is -2.61. The minimum Gasteiger partial charge on any atom is -0.506 e. The van der Waals surface area contributed by atoms with E-state index in [4.69, 9.17) is 18.6 Å². The van der Waals surface area contributed by atoms with Gasteiger partial charge in [-0.25, -0.2) is 4.79 Å². The number of phenolic OH excluding ortho intramolecular Hbond substituents is 1. The van der Waals surface area contributed by atoms with Crippen LogP contribution in [-0.4, -0.2) is 185 Å². The van der Waals surface area contributed by atoms with E-state index in [1.165, 1.54) is 32.2 Å². The van der Waals surface area contributed by atoms with Crippen LogP contribution in [-0.2, 0) is 23.9 Å². The van der Waals surface area contributed by atoms with Gasteiger partial charge in [-0.2, -0.15) is 0 Å². The highest BCUT2D eigenvalue weighted by molar-refractivity contribution is 6.06. The maximum Gasteiger partial charge on any atom is 0.337 e. The molecule has 0 aliphatic heterocycles. The number of benzene rings is 2. The van der Waals surface area contributed by atoms with Gasteiger partial charge in [0.25, 0.3) is 0 Å². The van der Waals surface area contributed by atoms with Crippen molar-refractivity contribution < 1.29 is 104 Å². The second kappa shape index (κ2) is 19.0. The van der Waals surface area contributed by atoms with E-state index >= 15 is 0 Å². The molecule has 22 nitrogen and oxygen atoms in total. The fourth-order valence-electron chi connectivity index (χ4n) is 5.16. The van der Waals surface area contributed by atoms with E-state index in [0.29, 0.717) is 0 Å². The normalized spacial score (nSPS) is 19.1. The molecule has 13 N–H and O–H groups in total. The Morgan fingerprint density at radius 2 is 1.40 bits per heavy atom. The van der Waals surface area contributed by atoms with Crippen LogP contribution >= 0.6 is 0 Å². The Morgan fingerprint density at radius 3 is 2.00 bits per heavy atom. The van der Waals surface area contributed by atoms with Crippen molar-refractivity contribution >= 4 is 40.3 Å². The number of ether oxygens (including phenoxy) is 4. The van der Waals surface area contributed by atoms with Gasteiger partial charge < -0.3 is 99.3 Å². The van der Waals surface area contributed by atoms with Crippen molar-refractivity contribution in [3.05, 3.63) is 40.2 Å². The average Bonchev–Trinajstić information content (AvgIpc) is 3.17. The number of aldehydes is 2. The Balaban J connectivity index is 1.71. The highest BCUT2D eigenvalue weighted by Gasteiger charge is 2.49. The summed E-state index contributed by atoms with van der Waals surface area (Å²) in [5.74, 6) is -5.67. The van der Waals surface area contributed by atoms with Crippen molar-refractivity contribution in [2.24, 2.45) is 0 Å². The number of fused-ring (bicyclic) bond motifs is 2. The fraction of sp³-hybridized carbons (Fsp3) is 0.515. The average molecular weight is 791 g/mol. The molecule has 0 aliphatic carbocycles. The van der Waals surface area contributed by atoms with Crippen LogP contribution in [0.2, 0.25) is 0 Å². The summed E-state index contributed by atoms with van der Waals surface area (Å²) in [7, 11) is 1.31. The van der Waals surface area contributed by atoms with Crippen LogP contribution in [0.25, 0.3) is 21.7 Å². The molecule has 12 atom stereocenters. The molecule has 0 spiro atoms. The minimum absolute atomic E-state index is 0.0384. The third-order valence-electron chi connectivity index (χ3n) is 8.39. The van der Waals surface area contributed by atoms with Gasteiger partial charge in [0.1, 0.15) is 108 Å². The van der Waals surface area contributed by atoms with Crippen LogP contribution in [0.15, 0.2) is 33.5 Å². The van der Waals surface area contributed by atoms with E-state index in [1.54, 1.807) is 0 Å². The zero-order chi connectivity index (χ0) is 41.5. The quantitative estimate of drug-likeness (QED) is 0.0207. The Morgan fingerprint density at radius 1 is 0.800 bits per heavy atom. The van der Waals surface area contributed by atoms with Crippen LogP contribution < -0.4 is 14.9 Å². The van der Waals surface area contributed by atoms with Crippen molar-refractivity contribution in [3.8, 4) is 17.2 Å². The molecular weight excluding hydrogens is 748 g/mol. The second-order valence-electron chi connectivity index (χ2n) is 12.3. The summed E-state index contributed by atoms with van der Waals surface area (Å²) < 4.78 is 25.7. The number of aliphatic hydroxyl groups excluding tert-OH is 11. The zero-order valence-electron chi connectivity index (χ0n) is 28.9. The number of carbonyl (C=O) groups is 3. The number of rotatable bonds is 21. The summed E-state index contributed by atoms with van der Waals surface area (Å²) in [6, 6.07) is 5.30. The predicted molar refractivity (Wildman–Crippen MR) is 179 cm³/mol. The number of aryl methyl sites for hydroxylation is 1. The molecule has 306 valence electrons. The molecule has 12 unspecified atom stereocenters. The molecule has 1 aromatic heterocycles. The second-order valence-corrected chi connectivity index (χ2v) is 12.3. The Labute approximate surface area is 308 Å². The molecule has 22 heteroatoms. The number of aliphatic hydroxyl groups is 12. The van der Waals surface area contributed by atoms with Crippen molar-refractivity contribution in [2.75, 3.05) is 26.9 Å². The first-order valence-electron chi connectivity index (χ1n) is 16.1. The van der Waals surface area contributed by atoms with Crippen molar-refractivity contribution in [1.82, 2.24) is 0 Å². The largest absolute Gasteiger partial charge is 0.506 e. The third-order valence-corrected chi connectivity index (χ3v) is 8.39. The summed E-state index contributed by atoms with van der Waals surface area (Å²) in [5, 5.41) is 133. The molecule has 0 radical (unpaired) electrons. The van der Waals surface area contributed by atoms with Gasteiger partial charge >= 0.3 is 5.97 Å². The molecule has 0 saturated carbocycles. The first-order chi connectivity index (χ1) is 25.7. The van der Waals surface area contributed by atoms with Crippen LogP contribution in [0.3, 0.4) is 0 Å². The van der Waals surface area contributed by atoms with E-state index in [0.717, 1.165) is 6.07 Å². The maximum atomic E-state index is 12.6. The van der Waals surface area contributed by atoms with Gasteiger partial charge in [0.05, 0.1) is 19.1 Å². The monoisotopic (exact) mass is 790 g/mol. The van der Waals surface area contributed by atoms with Crippen LogP contribution in [0.4, 0.5) is 0 Å². The highest BCUT2D eigenvalue weighted by atomic mass is 16.7. The molecule has 0 bridgehead atoms. The van der Waals surface area contributed by atoms with Crippen LogP contribution in [0.1, 0.15) is 5.76 Å². The number of methoxy groups -OCH3 is 1. The molecular formula is C33H42O22. The SMILES string of the molecule is COc1cc(OCC(O)C(O)C(O)C(O)C(=O)OCC(O)C(O)(OCC(O)C(O)C(O)C(O)C=O)C(O)C(O)C=O)c2c(O)c3c(=O)cc(C)oc3cc2c1. The number of carbonyl (C=O) groups excluding carboxylic acids is 3. The lowest BCUT2D eigenvalue weighted by Gasteiger charge is -2.38. The number of hydrogen-bond donors (Lipinski definition) is 13. The van der Waals surface area contributed by atoms with Crippen molar-refractivity contribution in [1.29, 1.82) is 0 Å². The molecule has 0 saturated heterocycles. The van der Waals surface area contributed by atoms with Gasteiger partial charge in [0.15, 0.2) is 24.1 Å². The predicted octanol–water partition coefficient (Wildman–Crippen LogP) is -6.04. The molecule has 0 amide bonds. The fourth-order valence-corrected chi connectivity index (χ4v) is 5.16. The topological polar surface area (TPSA) is 381 Å². The standard InChI is InChI=1S/C33H42O22/c1-12-3-15(36)24-21(55-12)5-13-4-14(51-2)6-20(23(13)28(24)45)52-9-18(39)27(44)29(46)30(47)32(49)53-11-22(41)33(50,31(48)17(38)8-35)54-10-19(40)26(43)25(42)16(37)7-34/h3-8,16-19,22,25-27,29-31,37-48,50H,9-11H2,1-2H3. The smallest absolute Gasteiger partial charge is 0.337 e. The molecule has 3 rings (SSSR count). The zero-order valence-corrected chi connectivity index (χ0v) is 28.9. The van der Waals surface area contributed by atoms with Crippen molar-refractivity contribution in [3.63, 3.8) is 0 Å². The van der Waals surface area contributed by atoms with Crippen LogP contribution in [0.5, 0.6) is 17.2 Å². The molecule has 0 aliphatic rings. The first kappa shape index (κ1) is 45.0. The highest BCUT2D eigenvalue weighted by Crippen LogP contribution is 2.41. The van der Waals surface area contributed by atoms with E-state index in [2.05, 4.69) is 4.74 Å². The van der Waals surface area contributed by atoms with Gasteiger partial charge in [0, 0.05) is 12.1 Å². The third kappa shape index (κ3) is 10.1. The lowest BCUT2D eigenvalue weighted by atomic mass is 9.98. The molecule has 0 fully saturated rings. The van der Waals surface area contributed by atoms with E-state index in [9.17, 15) is 85.6 Å². The number of esters is 1. The Hall–Kier alpha value is -4.40. The summed E-state index contributed by atoms with van der Waals surface area (Å²) in [5.41, 5.74) is -0.543. The summed E-state index contributed by atoms with van der Waals surface area (Å²) in [6.07, 6.45) is -27.3. The minimum atomic E-state index is -3.54. The molecule has 1 heterocycles. The molecule has 2 aromatic carbocycles. The molecule has 3 aromatic rings. The summed E-state index contributed by atoms with van der Waals surface area (Å²) >= 11 is 0. The van der Waals surface area contributed by atoms with E-state index < -0.39 is 110 Å². The maximum absolute atomic E-state index is 12.6. The van der Waals surface area contributed by atoms with Gasteiger partial charge in [-0.15, -0.1) is 0 Å². The summed E-state index contributed by atoms with van der Waals surface area (Å²) in [4.78, 5) is 46.8. The Bertz CT molecular complexity index is 1850. The van der Waals surface area contributed by atoms with E-state index in [1.807, 2.05) is 0 Å². The van der Waals surface area contributed by atoms with Gasteiger partial charge in [0.2, 0.25) is 5.79 Å². The van der Waals surface area contributed by atoms with Crippen LogP contribution in [0, 0.1) is 6.92 Å². The number of hydrogen-bond acceptors (Lipinski definition) is 22. The molecule has 55 heavy (non-hydrogen) atoms. The first-order valence-corrected chi connectivity index (χ1v) is 16.1. The van der Waals surface area contributed by atoms with Gasteiger partial charge in [-0.3, -0.25) is 4.79 Å². The Kier molecular flexibility index (Phi) is 15.5. The van der Waals surface area contributed by atoms with Gasteiger partial charge in [-0.05, 0) is 24.4 Å². The van der Waals surface area contributed by atoms with Crippen molar-refractivity contribution in [2.45, 2.75) is 79.9 Å². The van der Waals surface area contributed by atoms with Gasteiger partial charge in [-0.1, -0.05) is 0 Å². The summed E-state index contributed by atoms with van der Waals surface area (Å²) in [6.45, 7) is -2.18. The lowest BCUT2D eigenvalue weighted by molar-refractivity contribution is -0.323. The number of phenols is 1.